The van der Waals surface area contributed by atoms with Crippen LogP contribution in [-0.2, 0) is 0 Å². The standard InChI is InChI=1S/C8H5N5S/c1-2-7(14-3-1)6-4-9-5-13-8(6)10-11-12-13/h1-5H. The molecule has 0 aliphatic heterocycles. The molecule has 0 aromatic carbocycles. The largest absolute Gasteiger partial charge is 0.244 e. The van der Waals surface area contributed by atoms with Gasteiger partial charge in [0.25, 0.3) is 0 Å². The van der Waals surface area contributed by atoms with Crippen molar-refractivity contribution in [1.82, 2.24) is 25.0 Å². The van der Waals surface area contributed by atoms with Crippen molar-refractivity contribution in [3.05, 3.63) is 30.0 Å². The summed E-state index contributed by atoms with van der Waals surface area (Å²) >= 11 is 1.65. The molecule has 0 amide bonds. The molecule has 5 nitrogen and oxygen atoms in total. The van der Waals surface area contributed by atoms with Gasteiger partial charge in [-0.15, -0.1) is 16.4 Å². The Morgan fingerprint density at radius 2 is 2.36 bits per heavy atom. The summed E-state index contributed by atoms with van der Waals surface area (Å²) in [5, 5.41) is 13.3. The summed E-state index contributed by atoms with van der Waals surface area (Å²) in [5.74, 6) is 0. The number of aromatic nitrogens is 5. The molecule has 0 bridgehead atoms. The van der Waals surface area contributed by atoms with Gasteiger partial charge in [-0.3, -0.25) is 0 Å². The van der Waals surface area contributed by atoms with E-state index >= 15 is 0 Å². The van der Waals surface area contributed by atoms with E-state index in [4.69, 9.17) is 0 Å². The second-order valence-corrected chi connectivity index (χ2v) is 3.68. The molecule has 68 valence electrons. The van der Waals surface area contributed by atoms with Crippen molar-refractivity contribution in [2.24, 2.45) is 0 Å². The summed E-state index contributed by atoms with van der Waals surface area (Å²) < 4.78 is 1.56. The van der Waals surface area contributed by atoms with E-state index in [0.717, 1.165) is 16.1 Å². The van der Waals surface area contributed by atoms with E-state index in [0.29, 0.717) is 0 Å². The van der Waals surface area contributed by atoms with E-state index in [-0.39, 0.29) is 0 Å². The topological polar surface area (TPSA) is 56.0 Å². The van der Waals surface area contributed by atoms with Crippen molar-refractivity contribution < 1.29 is 0 Å². The molecule has 3 aromatic rings. The molecule has 0 radical (unpaired) electrons. The molecule has 0 aliphatic carbocycles. The van der Waals surface area contributed by atoms with Crippen LogP contribution in [0.3, 0.4) is 0 Å². The Kier molecular flexibility index (Phi) is 1.54. The van der Waals surface area contributed by atoms with E-state index in [9.17, 15) is 0 Å². The minimum Gasteiger partial charge on any atom is -0.244 e. The first-order valence-electron chi connectivity index (χ1n) is 4.01. The third-order valence-corrected chi connectivity index (χ3v) is 2.80. The lowest BCUT2D eigenvalue weighted by Crippen LogP contribution is -1.90. The molecule has 0 N–H and O–H groups in total. The highest BCUT2D eigenvalue weighted by Gasteiger charge is 2.07. The highest BCUT2D eigenvalue weighted by Crippen LogP contribution is 2.25. The summed E-state index contributed by atoms with van der Waals surface area (Å²) in [7, 11) is 0. The fourth-order valence-electron chi connectivity index (χ4n) is 1.28. The van der Waals surface area contributed by atoms with Crippen LogP contribution in [0.15, 0.2) is 30.0 Å². The minimum atomic E-state index is 0.738. The predicted molar refractivity (Wildman–Crippen MR) is 51.9 cm³/mol. The maximum Gasteiger partial charge on any atom is 0.191 e. The first-order valence-corrected chi connectivity index (χ1v) is 4.89. The normalized spacial score (nSPS) is 10.9. The Morgan fingerprint density at radius 1 is 1.36 bits per heavy atom. The highest BCUT2D eigenvalue weighted by molar-refractivity contribution is 7.13. The number of thiophene rings is 1. The zero-order valence-corrected chi connectivity index (χ0v) is 7.85. The first-order chi connectivity index (χ1) is 6.95. The van der Waals surface area contributed by atoms with Gasteiger partial charge in [-0.25, -0.2) is 4.98 Å². The fraction of sp³-hybridized carbons (Fsp3) is 0. The van der Waals surface area contributed by atoms with Gasteiger partial charge in [0.2, 0.25) is 0 Å². The summed E-state index contributed by atoms with van der Waals surface area (Å²) in [6, 6.07) is 4.02. The Hall–Kier alpha value is -1.82. The third-order valence-electron chi connectivity index (χ3n) is 1.90. The third kappa shape index (κ3) is 1.01. The molecule has 0 spiro atoms. The van der Waals surface area contributed by atoms with E-state index in [2.05, 4.69) is 20.5 Å². The van der Waals surface area contributed by atoms with Crippen molar-refractivity contribution in [2.45, 2.75) is 0 Å². The maximum atomic E-state index is 4.07. The van der Waals surface area contributed by atoms with Crippen LogP contribution in [0.25, 0.3) is 16.1 Å². The maximum absolute atomic E-state index is 4.07. The fourth-order valence-corrected chi connectivity index (χ4v) is 2.01. The number of hydrogen-bond donors (Lipinski definition) is 0. The van der Waals surface area contributed by atoms with Crippen LogP contribution < -0.4 is 0 Å². The molecule has 3 aromatic heterocycles. The molecule has 0 saturated heterocycles. The zero-order valence-electron chi connectivity index (χ0n) is 7.03. The Morgan fingerprint density at radius 3 is 3.21 bits per heavy atom. The van der Waals surface area contributed by atoms with Gasteiger partial charge in [0.1, 0.15) is 6.33 Å². The Bertz CT molecular complexity index is 556. The number of hydrogen-bond acceptors (Lipinski definition) is 5. The molecule has 6 heteroatoms. The average Bonchev–Trinajstić information content (AvgIpc) is 2.88. The molecule has 3 rings (SSSR count). The van der Waals surface area contributed by atoms with Crippen LogP contribution in [0.5, 0.6) is 0 Å². The predicted octanol–water partition coefficient (Wildman–Crippen LogP) is 1.25. The highest BCUT2D eigenvalue weighted by atomic mass is 32.1. The molecule has 0 fully saturated rings. The van der Waals surface area contributed by atoms with Crippen molar-refractivity contribution in [2.75, 3.05) is 0 Å². The second kappa shape index (κ2) is 2.85. The van der Waals surface area contributed by atoms with E-state index in [1.54, 1.807) is 28.4 Å². The summed E-state index contributed by atoms with van der Waals surface area (Å²) in [6.45, 7) is 0. The molecule has 0 aliphatic rings. The van der Waals surface area contributed by atoms with Gasteiger partial charge in [-0.1, -0.05) is 6.07 Å². The first kappa shape index (κ1) is 7.57. The van der Waals surface area contributed by atoms with Crippen LogP contribution in [0.1, 0.15) is 0 Å². The van der Waals surface area contributed by atoms with Crippen molar-refractivity contribution in [3.63, 3.8) is 0 Å². The number of nitrogens with zero attached hydrogens (tertiary/aromatic N) is 5. The quantitative estimate of drug-likeness (QED) is 0.597. The molecule has 0 saturated carbocycles. The van der Waals surface area contributed by atoms with E-state index < -0.39 is 0 Å². The lowest BCUT2D eigenvalue weighted by atomic mass is 10.3. The molecule has 14 heavy (non-hydrogen) atoms. The summed E-state index contributed by atoms with van der Waals surface area (Å²) in [5.41, 5.74) is 1.70. The monoisotopic (exact) mass is 203 g/mol. The van der Waals surface area contributed by atoms with Gasteiger partial charge in [0.05, 0.1) is 5.56 Å². The van der Waals surface area contributed by atoms with Crippen molar-refractivity contribution >= 4 is 17.0 Å². The SMILES string of the molecule is c1csc(-c2cncn3nnnc23)c1. The Labute approximate surface area is 83.0 Å². The van der Waals surface area contributed by atoms with Crippen LogP contribution in [0.2, 0.25) is 0 Å². The zero-order chi connectivity index (χ0) is 9.38. The van der Waals surface area contributed by atoms with Gasteiger partial charge < -0.3 is 0 Å². The van der Waals surface area contributed by atoms with Gasteiger partial charge in [-0.05, 0) is 21.9 Å². The number of fused-ring (bicyclic) bond motifs is 1. The van der Waals surface area contributed by atoms with E-state index in [1.807, 2.05) is 17.5 Å². The lowest BCUT2D eigenvalue weighted by molar-refractivity contribution is 0.810. The lowest BCUT2D eigenvalue weighted by Gasteiger charge is -1.96. The Balaban J connectivity index is 2.36. The average molecular weight is 203 g/mol. The molecular formula is C8H5N5S. The molecule has 3 heterocycles. The number of tetrazole rings is 1. The molecular weight excluding hydrogens is 198 g/mol. The van der Waals surface area contributed by atoms with Crippen LogP contribution in [0, 0.1) is 0 Å². The van der Waals surface area contributed by atoms with E-state index in [1.165, 1.54) is 0 Å². The second-order valence-electron chi connectivity index (χ2n) is 2.73. The van der Waals surface area contributed by atoms with Gasteiger partial charge in [-0.2, -0.15) is 4.52 Å². The molecule has 0 atom stereocenters. The van der Waals surface area contributed by atoms with Crippen molar-refractivity contribution in [3.8, 4) is 10.4 Å². The molecule has 0 unspecified atom stereocenters. The van der Waals surface area contributed by atoms with Crippen LogP contribution >= 0.6 is 11.3 Å². The van der Waals surface area contributed by atoms with Gasteiger partial charge in [0, 0.05) is 11.1 Å². The van der Waals surface area contributed by atoms with Gasteiger partial charge >= 0.3 is 0 Å². The van der Waals surface area contributed by atoms with Crippen molar-refractivity contribution in [1.29, 1.82) is 0 Å². The minimum absolute atomic E-state index is 0.738. The summed E-state index contributed by atoms with van der Waals surface area (Å²) in [4.78, 5) is 5.19. The number of rotatable bonds is 1. The van der Waals surface area contributed by atoms with Gasteiger partial charge in [0.15, 0.2) is 5.65 Å². The smallest absolute Gasteiger partial charge is 0.191 e. The van der Waals surface area contributed by atoms with Crippen LogP contribution in [-0.4, -0.2) is 25.0 Å². The van der Waals surface area contributed by atoms with Crippen LogP contribution in [0.4, 0.5) is 0 Å². The summed E-state index contributed by atoms with van der Waals surface area (Å²) in [6.07, 6.45) is 3.37.